The highest BCUT2D eigenvalue weighted by atomic mass is 32.2. The SMILES string of the molecule is CCCCC(=O)N1C[C@@H](C)SC1=Nc1cccnc1. The fourth-order valence-electron chi connectivity index (χ4n) is 1.90. The molecule has 1 aliphatic heterocycles. The van der Waals surface area contributed by atoms with E-state index in [1.54, 1.807) is 24.2 Å². The van der Waals surface area contributed by atoms with Crippen molar-refractivity contribution in [3.63, 3.8) is 0 Å². The summed E-state index contributed by atoms with van der Waals surface area (Å²) in [4.78, 5) is 22.6. The van der Waals surface area contributed by atoms with Gasteiger partial charge in [0.2, 0.25) is 5.91 Å². The molecule has 1 atom stereocenters. The number of aliphatic imine (C=N–C) groups is 1. The molecule has 0 aliphatic carbocycles. The van der Waals surface area contributed by atoms with Crippen molar-refractivity contribution in [3.8, 4) is 0 Å². The smallest absolute Gasteiger partial charge is 0.228 e. The first kappa shape index (κ1) is 14.1. The summed E-state index contributed by atoms with van der Waals surface area (Å²) in [7, 11) is 0. The van der Waals surface area contributed by atoms with Crippen LogP contribution in [0.1, 0.15) is 33.1 Å². The van der Waals surface area contributed by atoms with Gasteiger partial charge in [-0.25, -0.2) is 4.99 Å². The number of aromatic nitrogens is 1. The lowest BCUT2D eigenvalue weighted by Gasteiger charge is -2.15. The normalized spacial score (nSPS) is 21.1. The Morgan fingerprint density at radius 1 is 1.63 bits per heavy atom. The van der Waals surface area contributed by atoms with Crippen LogP contribution in [0, 0.1) is 0 Å². The second-order valence-electron chi connectivity index (χ2n) is 4.64. The number of hydrogen-bond acceptors (Lipinski definition) is 4. The molecule has 0 unspecified atom stereocenters. The molecule has 0 spiro atoms. The minimum atomic E-state index is 0.182. The fraction of sp³-hybridized carbons (Fsp3) is 0.500. The topological polar surface area (TPSA) is 45.6 Å². The number of amides is 1. The van der Waals surface area contributed by atoms with Crippen molar-refractivity contribution in [2.45, 2.75) is 38.4 Å². The van der Waals surface area contributed by atoms with Crippen molar-refractivity contribution < 1.29 is 4.79 Å². The van der Waals surface area contributed by atoms with Crippen molar-refractivity contribution in [2.24, 2.45) is 4.99 Å². The molecule has 1 amide bonds. The van der Waals surface area contributed by atoms with Crippen molar-refractivity contribution >= 4 is 28.5 Å². The van der Waals surface area contributed by atoms with E-state index in [0.29, 0.717) is 11.7 Å². The summed E-state index contributed by atoms with van der Waals surface area (Å²) >= 11 is 1.66. The summed E-state index contributed by atoms with van der Waals surface area (Å²) in [5.74, 6) is 0.182. The average molecular weight is 277 g/mol. The van der Waals surface area contributed by atoms with Gasteiger partial charge >= 0.3 is 0 Å². The third-order valence-corrected chi connectivity index (χ3v) is 3.97. The highest BCUT2D eigenvalue weighted by Crippen LogP contribution is 2.28. The summed E-state index contributed by atoms with van der Waals surface area (Å²) in [5.41, 5.74) is 0.799. The molecule has 1 aromatic heterocycles. The van der Waals surface area contributed by atoms with Gasteiger partial charge in [0.25, 0.3) is 0 Å². The summed E-state index contributed by atoms with van der Waals surface area (Å²) in [6, 6.07) is 3.75. The van der Waals surface area contributed by atoms with Crippen LogP contribution in [-0.4, -0.2) is 32.8 Å². The van der Waals surface area contributed by atoms with E-state index in [4.69, 9.17) is 0 Å². The first-order valence-corrected chi connectivity index (χ1v) is 7.54. The van der Waals surface area contributed by atoms with Gasteiger partial charge in [-0.15, -0.1) is 0 Å². The lowest BCUT2D eigenvalue weighted by Crippen LogP contribution is -2.32. The minimum Gasteiger partial charge on any atom is -0.290 e. The van der Waals surface area contributed by atoms with Gasteiger partial charge in [0.15, 0.2) is 5.17 Å². The number of carbonyl (C=O) groups excluding carboxylic acids is 1. The minimum absolute atomic E-state index is 0.182. The van der Waals surface area contributed by atoms with E-state index in [1.807, 2.05) is 17.0 Å². The second-order valence-corrected chi connectivity index (χ2v) is 6.05. The van der Waals surface area contributed by atoms with Crippen LogP contribution in [0.25, 0.3) is 0 Å². The largest absolute Gasteiger partial charge is 0.290 e. The molecule has 0 radical (unpaired) electrons. The van der Waals surface area contributed by atoms with E-state index in [1.165, 1.54) is 0 Å². The van der Waals surface area contributed by atoms with Gasteiger partial charge in [-0.3, -0.25) is 14.7 Å². The van der Waals surface area contributed by atoms with E-state index >= 15 is 0 Å². The Labute approximate surface area is 118 Å². The number of carbonyl (C=O) groups is 1. The van der Waals surface area contributed by atoms with E-state index in [9.17, 15) is 4.79 Å². The number of pyridine rings is 1. The standard InChI is InChI=1S/C14H19N3OS/c1-3-4-7-13(18)17-10-11(2)19-14(17)16-12-6-5-8-15-9-12/h5-6,8-9,11H,3-4,7,10H2,1-2H3/t11-/m1/s1. The Balaban J connectivity index is 2.13. The zero-order valence-electron chi connectivity index (χ0n) is 11.4. The van der Waals surface area contributed by atoms with Crippen LogP contribution in [0.4, 0.5) is 5.69 Å². The molecular formula is C14H19N3OS. The molecule has 4 nitrogen and oxygen atoms in total. The molecule has 0 aromatic carbocycles. The first-order valence-electron chi connectivity index (χ1n) is 6.66. The molecule has 1 aromatic rings. The quantitative estimate of drug-likeness (QED) is 0.849. The Morgan fingerprint density at radius 2 is 2.47 bits per heavy atom. The molecule has 1 fully saturated rings. The molecule has 1 aliphatic rings. The molecule has 1 saturated heterocycles. The van der Waals surface area contributed by atoms with Gasteiger partial charge in [0, 0.05) is 24.4 Å². The maximum atomic E-state index is 12.2. The molecule has 102 valence electrons. The van der Waals surface area contributed by atoms with Gasteiger partial charge in [0.1, 0.15) is 0 Å². The van der Waals surface area contributed by atoms with Gasteiger partial charge in [-0.05, 0) is 18.6 Å². The fourth-order valence-corrected chi connectivity index (χ4v) is 2.95. The predicted octanol–water partition coefficient (Wildman–Crippen LogP) is 3.22. The van der Waals surface area contributed by atoms with E-state index in [0.717, 1.165) is 30.2 Å². The summed E-state index contributed by atoms with van der Waals surface area (Å²) in [5, 5.41) is 1.21. The monoisotopic (exact) mass is 277 g/mol. The van der Waals surface area contributed by atoms with Crippen LogP contribution in [0.3, 0.4) is 0 Å². The van der Waals surface area contributed by atoms with Crippen LogP contribution >= 0.6 is 11.8 Å². The van der Waals surface area contributed by atoms with Crippen LogP contribution in [0.15, 0.2) is 29.5 Å². The van der Waals surface area contributed by atoms with Crippen LogP contribution in [-0.2, 0) is 4.79 Å². The predicted molar refractivity (Wildman–Crippen MR) is 79.6 cm³/mol. The third kappa shape index (κ3) is 3.80. The molecule has 0 saturated carbocycles. The van der Waals surface area contributed by atoms with Crippen LogP contribution in [0.2, 0.25) is 0 Å². The highest BCUT2D eigenvalue weighted by molar-refractivity contribution is 8.14. The van der Waals surface area contributed by atoms with Crippen molar-refractivity contribution in [3.05, 3.63) is 24.5 Å². The molecule has 2 heterocycles. The number of hydrogen-bond donors (Lipinski definition) is 0. The summed E-state index contributed by atoms with van der Waals surface area (Å²) in [6.45, 7) is 4.97. The second kappa shape index (κ2) is 6.70. The number of nitrogens with zero attached hydrogens (tertiary/aromatic N) is 3. The molecular weight excluding hydrogens is 258 g/mol. The Kier molecular flexibility index (Phi) is 4.96. The highest BCUT2D eigenvalue weighted by Gasteiger charge is 2.30. The number of rotatable bonds is 4. The third-order valence-electron chi connectivity index (χ3n) is 2.89. The Morgan fingerprint density at radius 3 is 3.16 bits per heavy atom. The lowest BCUT2D eigenvalue weighted by atomic mass is 10.2. The Bertz CT molecular complexity index is 461. The van der Waals surface area contributed by atoms with E-state index < -0.39 is 0 Å². The number of unbranched alkanes of at least 4 members (excludes halogenated alkanes) is 1. The van der Waals surface area contributed by atoms with E-state index in [-0.39, 0.29) is 5.91 Å². The summed E-state index contributed by atoms with van der Waals surface area (Å²) in [6.07, 6.45) is 6.02. The van der Waals surface area contributed by atoms with Crippen molar-refractivity contribution in [2.75, 3.05) is 6.54 Å². The maximum Gasteiger partial charge on any atom is 0.228 e. The van der Waals surface area contributed by atoms with Crippen LogP contribution < -0.4 is 0 Å². The summed E-state index contributed by atoms with van der Waals surface area (Å²) < 4.78 is 0. The van der Waals surface area contributed by atoms with Gasteiger partial charge < -0.3 is 0 Å². The number of amidine groups is 1. The zero-order valence-corrected chi connectivity index (χ0v) is 12.2. The molecule has 0 bridgehead atoms. The molecule has 0 N–H and O–H groups in total. The average Bonchev–Trinajstić information content (AvgIpc) is 2.78. The number of thioether (sulfide) groups is 1. The zero-order chi connectivity index (χ0) is 13.7. The maximum absolute atomic E-state index is 12.2. The molecule has 5 heteroatoms. The van der Waals surface area contributed by atoms with Gasteiger partial charge in [-0.1, -0.05) is 32.0 Å². The lowest BCUT2D eigenvalue weighted by molar-refractivity contribution is -0.127. The van der Waals surface area contributed by atoms with Gasteiger partial charge in [0.05, 0.1) is 11.9 Å². The first-order chi connectivity index (χ1) is 9.20. The molecule has 2 rings (SSSR count). The molecule has 19 heavy (non-hydrogen) atoms. The van der Waals surface area contributed by atoms with Crippen molar-refractivity contribution in [1.29, 1.82) is 0 Å². The van der Waals surface area contributed by atoms with E-state index in [2.05, 4.69) is 23.8 Å². The van der Waals surface area contributed by atoms with Crippen molar-refractivity contribution in [1.82, 2.24) is 9.88 Å². The van der Waals surface area contributed by atoms with Crippen LogP contribution in [0.5, 0.6) is 0 Å². The van der Waals surface area contributed by atoms with Gasteiger partial charge in [-0.2, -0.15) is 0 Å². The Hall–Kier alpha value is -1.36.